The number of aryl methyl sites for hydroxylation is 2. The Labute approximate surface area is 120 Å². The fraction of sp³-hybridized carbons (Fsp3) is 0.333. The summed E-state index contributed by atoms with van der Waals surface area (Å²) in [4.78, 5) is 0. The third kappa shape index (κ3) is 2.37. The van der Waals surface area contributed by atoms with Crippen LogP contribution in [0.15, 0.2) is 36.4 Å². The van der Waals surface area contributed by atoms with Crippen LogP contribution >= 0.6 is 0 Å². The first-order valence-electron chi connectivity index (χ1n) is 7.15. The molecular weight excluding hydrogens is 248 g/mol. The van der Waals surface area contributed by atoms with Crippen LogP contribution in [0.3, 0.4) is 0 Å². The van der Waals surface area contributed by atoms with E-state index < -0.39 is 12.2 Å². The van der Waals surface area contributed by atoms with Crippen LogP contribution in [0, 0.1) is 13.8 Å². The van der Waals surface area contributed by atoms with Gasteiger partial charge in [0.25, 0.3) is 0 Å². The molecule has 0 fully saturated rings. The van der Waals surface area contributed by atoms with Crippen LogP contribution in [0.2, 0.25) is 0 Å². The summed E-state index contributed by atoms with van der Waals surface area (Å²) in [7, 11) is 0. The van der Waals surface area contributed by atoms with Crippen LogP contribution < -0.4 is 0 Å². The van der Waals surface area contributed by atoms with E-state index in [4.69, 9.17) is 0 Å². The van der Waals surface area contributed by atoms with Gasteiger partial charge in [-0.3, -0.25) is 0 Å². The van der Waals surface area contributed by atoms with Crippen molar-refractivity contribution in [3.8, 4) is 11.1 Å². The molecule has 0 bridgehead atoms. The summed E-state index contributed by atoms with van der Waals surface area (Å²) in [6.07, 6.45) is -1.68. The molecule has 0 amide bonds. The molecule has 0 saturated heterocycles. The summed E-state index contributed by atoms with van der Waals surface area (Å²) in [5.41, 5.74) is 5.87. The summed E-state index contributed by atoms with van der Waals surface area (Å²) >= 11 is 0. The largest absolute Gasteiger partial charge is 0.385 e. The highest BCUT2D eigenvalue weighted by Gasteiger charge is 2.30. The second-order valence-corrected chi connectivity index (χ2v) is 5.07. The lowest BCUT2D eigenvalue weighted by atomic mass is 9.81. The number of rotatable bonds is 0. The minimum Gasteiger partial charge on any atom is -0.385 e. The summed E-state index contributed by atoms with van der Waals surface area (Å²) in [5, 5.41) is 20.5. The molecule has 1 aliphatic rings. The Kier molecular flexibility index (Phi) is 4.26. The van der Waals surface area contributed by atoms with Gasteiger partial charge >= 0.3 is 0 Å². The molecular formula is C18H22O2. The van der Waals surface area contributed by atoms with E-state index in [0.717, 1.165) is 33.4 Å². The van der Waals surface area contributed by atoms with E-state index in [2.05, 4.69) is 0 Å². The molecule has 3 rings (SSSR count). The van der Waals surface area contributed by atoms with E-state index >= 15 is 0 Å². The molecule has 0 heterocycles. The third-order valence-corrected chi connectivity index (χ3v) is 3.64. The Bertz CT molecular complexity index is 561. The quantitative estimate of drug-likeness (QED) is 0.757. The van der Waals surface area contributed by atoms with Crippen molar-refractivity contribution in [1.29, 1.82) is 0 Å². The van der Waals surface area contributed by atoms with Gasteiger partial charge in [0.2, 0.25) is 0 Å². The lowest BCUT2D eigenvalue weighted by Crippen LogP contribution is -2.17. The lowest BCUT2D eigenvalue weighted by molar-refractivity contribution is 0.0157. The maximum absolute atomic E-state index is 10.2. The highest BCUT2D eigenvalue weighted by molar-refractivity contribution is 5.75. The Morgan fingerprint density at radius 3 is 1.40 bits per heavy atom. The van der Waals surface area contributed by atoms with E-state index in [1.54, 1.807) is 0 Å². The van der Waals surface area contributed by atoms with Crippen LogP contribution in [0.25, 0.3) is 11.1 Å². The highest BCUT2D eigenvalue weighted by Crippen LogP contribution is 2.44. The van der Waals surface area contributed by atoms with Crippen LogP contribution in [0.1, 0.15) is 48.3 Å². The van der Waals surface area contributed by atoms with Gasteiger partial charge in [0, 0.05) is 0 Å². The molecule has 2 heteroatoms. The molecule has 2 unspecified atom stereocenters. The third-order valence-electron chi connectivity index (χ3n) is 3.64. The van der Waals surface area contributed by atoms with E-state index in [1.165, 1.54) is 0 Å². The minimum atomic E-state index is -0.839. The predicted molar refractivity (Wildman–Crippen MR) is 82.6 cm³/mol. The molecule has 2 atom stereocenters. The van der Waals surface area contributed by atoms with Crippen molar-refractivity contribution in [2.24, 2.45) is 0 Å². The maximum atomic E-state index is 10.2. The number of benzene rings is 2. The SMILES string of the molecule is CC.Cc1ccc2c(c1)C(O)C(O)c1cc(C)ccc1-2. The van der Waals surface area contributed by atoms with Crippen LogP contribution in [-0.2, 0) is 0 Å². The second kappa shape index (κ2) is 5.78. The number of hydrogen-bond acceptors (Lipinski definition) is 2. The zero-order valence-electron chi connectivity index (χ0n) is 12.5. The maximum Gasteiger partial charge on any atom is 0.110 e. The van der Waals surface area contributed by atoms with Gasteiger partial charge in [0.15, 0.2) is 0 Å². The molecule has 0 aliphatic heterocycles. The van der Waals surface area contributed by atoms with Crippen molar-refractivity contribution in [3.63, 3.8) is 0 Å². The van der Waals surface area contributed by atoms with Crippen molar-refractivity contribution in [3.05, 3.63) is 58.7 Å². The Morgan fingerprint density at radius 2 is 1.05 bits per heavy atom. The van der Waals surface area contributed by atoms with E-state index in [-0.39, 0.29) is 0 Å². The van der Waals surface area contributed by atoms with Crippen molar-refractivity contribution >= 4 is 0 Å². The fourth-order valence-electron chi connectivity index (χ4n) is 2.68. The van der Waals surface area contributed by atoms with Gasteiger partial charge in [0.05, 0.1) is 0 Å². The summed E-state index contributed by atoms with van der Waals surface area (Å²) in [6.45, 7) is 7.98. The molecule has 0 radical (unpaired) electrons. The molecule has 2 aromatic carbocycles. The minimum absolute atomic E-state index is 0.818. The van der Waals surface area contributed by atoms with E-state index in [0.29, 0.717) is 0 Å². The van der Waals surface area contributed by atoms with Crippen LogP contribution in [0.5, 0.6) is 0 Å². The number of hydrogen-bond donors (Lipinski definition) is 2. The van der Waals surface area contributed by atoms with Gasteiger partial charge in [-0.15, -0.1) is 0 Å². The average molecular weight is 270 g/mol. The first-order valence-corrected chi connectivity index (χ1v) is 7.15. The smallest absolute Gasteiger partial charge is 0.110 e. The molecule has 2 N–H and O–H groups in total. The Balaban J connectivity index is 0.000000704. The fourth-order valence-corrected chi connectivity index (χ4v) is 2.68. The molecule has 2 aromatic rings. The number of fused-ring (bicyclic) bond motifs is 3. The van der Waals surface area contributed by atoms with E-state index in [1.807, 2.05) is 64.1 Å². The highest BCUT2D eigenvalue weighted by atomic mass is 16.3. The average Bonchev–Trinajstić information content (AvgIpc) is 2.47. The van der Waals surface area contributed by atoms with Gasteiger partial charge in [-0.05, 0) is 36.1 Å². The Hall–Kier alpha value is -1.64. The molecule has 0 spiro atoms. The van der Waals surface area contributed by atoms with Crippen molar-refractivity contribution < 1.29 is 10.2 Å². The Morgan fingerprint density at radius 1 is 0.700 bits per heavy atom. The topological polar surface area (TPSA) is 40.5 Å². The summed E-state index contributed by atoms with van der Waals surface area (Å²) in [6, 6.07) is 12.0. The van der Waals surface area contributed by atoms with Crippen molar-refractivity contribution in [2.45, 2.75) is 39.9 Å². The lowest BCUT2D eigenvalue weighted by Gasteiger charge is -2.29. The first-order chi connectivity index (χ1) is 9.58. The van der Waals surface area contributed by atoms with Gasteiger partial charge in [-0.1, -0.05) is 61.4 Å². The molecule has 20 heavy (non-hydrogen) atoms. The van der Waals surface area contributed by atoms with Gasteiger partial charge in [-0.2, -0.15) is 0 Å². The normalized spacial score (nSPS) is 19.5. The molecule has 1 aliphatic carbocycles. The molecule has 0 saturated carbocycles. The zero-order valence-corrected chi connectivity index (χ0v) is 12.5. The van der Waals surface area contributed by atoms with Gasteiger partial charge in [0.1, 0.15) is 12.2 Å². The predicted octanol–water partition coefficient (Wildman–Crippen LogP) is 4.08. The van der Waals surface area contributed by atoms with Gasteiger partial charge < -0.3 is 10.2 Å². The molecule has 106 valence electrons. The zero-order chi connectivity index (χ0) is 14.9. The van der Waals surface area contributed by atoms with Gasteiger partial charge in [-0.25, -0.2) is 0 Å². The van der Waals surface area contributed by atoms with Crippen molar-refractivity contribution in [1.82, 2.24) is 0 Å². The summed E-state index contributed by atoms with van der Waals surface area (Å²) < 4.78 is 0. The van der Waals surface area contributed by atoms with E-state index in [9.17, 15) is 10.2 Å². The molecule has 2 nitrogen and oxygen atoms in total. The molecule has 0 aromatic heterocycles. The van der Waals surface area contributed by atoms with Crippen LogP contribution in [0.4, 0.5) is 0 Å². The van der Waals surface area contributed by atoms with Crippen molar-refractivity contribution in [2.75, 3.05) is 0 Å². The van der Waals surface area contributed by atoms with Crippen LogP contribution in [-0.4, -0.2) is 10.2 Å². The summed E-state index contributed by atoms with van der Waals surface area (Å²) in [5.74, 6) is 0. The number of aliphatic hydroxyl groups is 2. The first kappa shape index (κ1) is 14.8. The monoisotopic (exact) mass is 270 g/mol. The standard InChI is InChI=1S/C16H16O2.C2H6/c1-9-3-5-11-12-6-4-10(2)8-14(12)16(18)15(17)13(11)7-9;1-2/h3-8,15-18H,1-2H3;1-2H3. The number of aliphatic hydroxyl groups excluding tert-OH is 2. The second-order valence-electron chi connectivity index (χ2n) is 5.07.